The molecule has 0 amide bonds. The molecule has 0 spiro atoms. The van der Waals surface area contributed by atoms with Crippen LogP contribution in [0.4, 0.5) is 5.69 Å². The average molecular weight is 229 g/mol. The van der Waals surface area contributed by atoms with Crippen LogP contribution in [0.2, 0.25) is 0 Å². The molecule has 0 atom stereocenters. The molecule has 7 heteroatoms. The number of hydrogen-bond acceptors (Lipinski definition) is 4. The lowest BCUT2D eigenvalue weighted by molar-refractivity contribution is 0.408. The van der Waals surface area contributed by atoms with Gasteiger partial charge in [0.25, 0.3) is 10.1 Å². The third-order valence-electron chi connectivity index (χ3n) is 1.47. The number of nitrogens with zero attached hydrogens (tertiary/aromatic N) is 3. The monoisotopic (exact) mass is 229 g/mol. The van der Waals surface area contributed by atoms with Gasteiger partial charge in [0.2, 0.25) is 0 Å². The number of rotatable bonds is 3. The topological polar surface area (TPSA) is 82.3 Å². The van der Waals surface area contributed by atoms with Crippen LogP contribution in [0.15, 0.2) is 39.5 Å². The van der Waals surface area contributed by atoms with Gasteiger partial charge < -0.3 is 0 Å². The quantitative estimate of drug-likeness (QED) is 0.483. The van der Waals surface area contributed by atoms with Gasteiger partial charge in [-0.1, -0.05) is 5.22 Å². The van der Waals surface area contributed by atoms with E-state index in [4.69, 9.17) is 4.55 Å². The summed E-state index contributed by atoms with van der Waals surface area (Å²) in [6.07, 6.45) is 0. The third kappa shape index (κ3) is 3.64. The Morgan fingerprint density at radius 3 is 2.13 bits per heavy atom. The maximum absolute atomic E-state index is 10.7. The predicted octanol–water partition coefficient (Wildman–Crippen LogP) is 1.49. The molecule has 82 valence electrons. The smallest absolute Gasteiger partial charge is 0.285 e. The van der Waals surface area contributed by atoms with E-state index in [-0.39, 0.29) is 4.90 Å². The average Bonchev–Trinajstić information content (AvgIpc) is 2.14. The maximum Gasteiger partial charge on any atom is 0.294 e. The van der Waals surface area contributed by atoms with Crippen molar-refractivity contribution in [2.75, 3.05) is 14.1 Å². The van der Waals surface area contributed by atoms with Crippen molar-refractivity contribution in [2.24, 2.45) is 10.3 Å². The first kappa shape index (κ1) is 11.6. The fraction of sp³-hybridized carbons (Fsp3) is 0.250. The Bertz CT molecular complexity index is 451. The minimum absolute atomic E-state index is 0.161. The Kier molecular flexibility index (Phi) is 3.38. The third-order valence-corrected chi connectivity index (χ3v) is 2.34. The zero-order valence-corrected chi connectivity index (χ0v) is 9.14. The van der Waals surface area contributed by atoms with Gasteiger partial charge in [0.1, 0.15) is 0 Å². The van der Waals surface area contributed by atoms with Crippen LogP contribution < -0.4 is 0 Å². The Morgan fingerprint density at radius 1 is 1.20 bits per heavy atom. The van der Waals surface area contributed by atoms with Crippen LogP contribution in [0.3, 0.4) is 0 Å². The highest BCUT2D eigenvalue weighted by Gasteiger charge is 2.07. The molecule has 6 nitrogen and oxygen atoms in total. The second-order valence-electron chi connectivity index (χ2n) is 3.01. The van der Waals surface area contributed by atoms with E-state index in [2.05, 4.69) is 10.3 Å². The highest BCUT2D eigenvalue weighted by molar-refractivity contribution is 7.85. The van der Waals surface area contributed by atoms with Crippen molar-refractivity contribution in [1.29, 1.82) is 0 Å². The van der Waals surface area contributed by atoms with Gasteiger partial charge in [-0.3, -0.25) is 9.56 Å². The summed E-state index contributed by atoms with van der Waals surface area (Å²) in [5, 5.41) is 9.05. The molecule has 0 aliphatic carbocycles. The maximum atomic E-state index is 10.7. The van der Waals surface area contributed by atoms with E-state index >= 15 is 0 Å². The molecule has 0 saturated carbocycles. The summed E-state index contributed by atoms with van der Waals surface area (Å²) in [5.74, 6) is 0. The Labute approximate surface area is 88.0 Å². The van der Waals surface area contributed by atoms with Crippen LogP contribution in [0, 0.1) is 0 Å². The van der Waals surface area contributed by atoms with Gasteiger partial charge in [0.15, 0.2) is 0 Å². The van der Waals surface area contributed by atoms with E-state index in [0.717, 1.165) is 0 Å². The van der Waals surface area contributed by atoms with Gasteiger partial charge in [-0.2, -0.15) is 8.42 Å². The Hall–Kier alpha value is -1.47. The minimum atomic E-state index is -4.13. The van der Waals surface area contributed by atoms with E-state index in [1.54, 1.807) is 14.1 Å². The summed E-state index contributed by atoms with van der Waals surface area (Å²) >= 11 is 0. The van der Waals surface area contributed by atoms with E-state index in [1.807, 2.05) is 0 Å². The molecule has 0 aliphatic rings. The summed E-state index contributed by atoms with van der Waals surface area (Å²) in [4.78, 5) is -0.161. The molecule has 1 rings (SSSR count). The summed E-state index contributed by atoms with van der Waals surface area (Å²) in [7, 11) is -0.697. The highest BCUT2D eigenvalue weighted by Crippen LogP contribution is 2.16. The molecule has 1 aromatic carbocycles. The molecule has 1 N–H and O–H groups in total. The first-order valence-corrected chi connectivity index (χ1v) is 5.50. The van der Waals surface area contributed by atoms with Gasteiger partial charge in [0, 0.05) is 14.1 Å². The van der Waals surface area contributed by atoms with Crippen molar-refractivity contribution in [1.82, 2.24) is 5.01 Å². The lowest BCUT2D eigenvalue weighted by atomic mass is 10.3. The zero-order chi connectivity index (χ0) is 11.5. The molecule has 0 aliphatic heterocycles. The van der Waals surface area contributed by atoms with Crippen molar-refractivity contribution in [2.45, 2.75) is 4.90 Å². The molecular weight excluding hydrogens is 218 g/mol. The van der Waals surface area contributed by atoms with Crippen molar-refractivity contribution >= 4 is 15.8 Å². The molecule has 0 fully saturated rings. The standard InChI is InChI=1S/C8H11N3O3S/c1-11(2)10-9-7-3-5-8(6-4-7)15(12,13)14/h3-6H,1-2H3,(H,12,13,14)/b10-9+. The summed E-state index contributed by atoms with van der Waals surface area (Å²) in [6, 6.07) is 5.44. The molecule has 1 aromatic rings. The van der Waals surface area contributed by atoms with Gasteiger partial charge in [0.05, 0.1) is 10.6 Å². The summed E-state index contributed by atoms with van der Waals surface area (Å²) in [6.45, 7) is 0. The fourth-order valence-corrected chi connectivity index (χ4v) is 1.31. The van der Waals surface area contributed by atoms with Gasteiger partial charge in [-0.05, 0) is 24.3 Å². The lowest BCUT2D eigenvalue weighted by Gasteiger charge is -2.00. The molecule has 15 heavy (non-hydrogen) atoms. The molecule has 0 aromatic heterocycles. The second-order valence-corrected chi connectivity index (χ2v) is 4.43. The molecule has 0 bridgehead atoms. The second kappa shape index (κ2) is 4.37. The van der Waals surface area contributed by atoms with Crippen molar-refractivity contribution in [3.05, 3.63) is 24.3 Å². The van der Waals surface area contributed by atoms with E-state index in [9.17, 15) is 8.42 Å². The van der Waals surface area contributed by atoms with E-state index < -0.39 is 10.1 Å². The van der Waals surface area contributed by atoms with Crippen molar-refractivity contribution in [3.8, 4) is 0 Å². The van der Waals surface area contributed by atoms with E-state index in [0.29, 0.717) is 5.69 Å². The minimum Gasteiger partial charge on any atom is -0.285 e. The normalized spacial score (nSPS) is 11.9. The van der Waals surface area contributed by atoms with Crippen LogP contribution >= 0.6 is 0 Å². The molecule has 0 saturated heterocycles. The zero-order valence-electron chi connectivity index (χ0n) is 8.32. The number of hydrogen-bond donors (Lipinski definition) is 1. The molecule has 0 heterocycles. The molecule has 0 unspecified atom stereocenters. The van der Waals surface area contributed by atoms with Crippen molar-refractivity contribution < 1.29 is 13.0 Å². The first-order valence-electron chi connectivity index (χ1n) is 4.06. The molecular formula is C8H11N3O3S. The van der Waals surface area contributed by atoms with Gasteiger partial charge >= 0.3 is 0 Å². The SMILES string of the molecule is CN(C)/N=N/c1ccc(S(=O)(=O)O)cc1. The van der Waals surface area contributed by atoms with Gasteiger partial charge in [-0.15, -0.1) is 5.11 Å². The van der Waals surface area contributed by atoms with Gasteiger partial charge in [-0.25, -0.2) is 0 Å². The lowest BCUT2D eigenvalue weighted by Crippen LogP contribution is -1.99. The highest BCUT2D eigenvalue weighted by atomic mass is 32.2. The Morgan fingerprint density at radius 2 is 1.73 bits per heavy atom. The molecule has 0 radical (unpaired) electrons. The Balaban J connectivity index is 2.91. The van der Waals surface area contributed by atoms with Crippen LogP contribution in [-0.2, 0) is 10.1 Å². The predicted molar refractivity (Wildman–Crippen MR) is 54.5 cm³/mol. The summed E-state index contributed by atoms with van der Waals surface area (Å²) in [5.41, 5.74) is 0.510. The van der Waals surface area contributed by atoms with E-state index in [1.165, 1.54) is 29.3 Å². The van der Waals surface area contributed by atoms with Crippen LogP contribution in [0.1, 0.15) is 0 Å². The number of benzene rings is 1. The summed E-state index contributed by atoms with van der Waals surface area (Å²) < 4.78 is 30.1. The van der Waals surface area contributed by atoms with Crippen LogP contribution in [0.25, 0.3) is 0 Å². The van der Waals surface area contributed by atoms with Crippen LogP contribution in [0.5, 0.6) is 0 Å². The van der Waals surface area contributed by atoms with Crippen LogP contribution in [-0.4, -0.2) is 32.1 Å². The first-order chi connectivity index (χ1) is 6.89. The fourth-order valence-electron chi connectivity index (χ4n) is 0.826. The largest absolute Gasteiger partial charge is 0.294 e. The van der Waals surface area contributed by atoms with Crippen molar-refractivity contribution in [3.63, 3.8) is 0 Å².